The number of rotatable bonds is 3. The third-order valence-electron chi connectivity index (χ3n) is 1.73. The predicted octanol–water partition coefficient (Wildman–Crippen LogP) is 1.89. The molecule has 0 rings (SSSR count). The van der Waals surface area contributed by atoms with Gasteiger partial charge >= 0.3 is 5.97 Å². The Morgan fingerprint density at radius 1 is 1.18 bits per heavy atom. The summed E-state index contributed by atoms with van der Waals surface area (Å²) in [4.78, 5) is 11.8. The van der Waals surface area contributed by atoms with Crippen molar-refractivity contribution in [2.45, 2.75) is 71.8 Å². The quantitative estimate of drug-likeness (QED) is 0.767. The topological polar surface area (TPSA) is 58.6 Å². The highest BCUT2D eigenvalue weighted by molar-refractivity contribution is 5.85. The van der Waals surface area contributed by atoms with E-state index in [-0.39, 0.29) is 17.9 Å². The molecule has 1 unspecified atom stereocenters. The molecule has 0 saturated carbocycles. The molecule has 0 aromatic heterocycles. The van der Waals surface area contributed by atoms with Crippen LogP contribution in [0.4, 0.5) is 0 Å². The monoisotopic (exact) mass is 267 g/mol. The van der Waals surface area contributed by atoms with E-state index in [4.69, 9.17) is 4.74 Å². The third-order valence-corrected chi connectivity index (χ3v) is 1.73. The number of hydrogen-bond donors (Lipinski definition) is 2. The molecule has 2 N–H and O–H groups in total. The van der Waals surface area contributed by atoms with Crippen molar-refractivity contribution in [3.8, 4) is 0 Å². The van der Waals surface area contributed by atoms with E-state index in [1.165, 1.54) is 0 Å². The molecule has 0 bridgehead atoms. The molecule has 104 valence electrons. The van der Waals surface area contributed by atoms with Crippen LogP contribution in [-0.4, -0.2) is 34.4 Å². The first-order valence-electron chi connectivity index (χ1n) is 5.61. The van der Waals surface area contributed by atoms with Gasteiger partial charge in [-0.3, -0.25) is 10.1 Å². The lowest BCUT2D eigenvalue weighted by Crippen LogP contribution is -2.54. The maximum absolute atomic E-state index is 11.8. The van der Waals surface area contributed by atoms with Crippen LogP contribution in [0.1, 0.15) is 48.5 Å². The predicted molar refractivity (Wildman–Crippen MR) is 71.5 cm³/mol. The molecule has 0 aliphatic heterocycles. The van der Waals surface area contributed by atoms with Crippen molar-refractivity contribution in [1.82, 2.24) is 5.32 Å². The van der Waals surface area contributed by atoms with Gasteiger partial charge < -0.3 is 9.84 Å². The van der Waals surface area contributed by atoms with Crippen LogP contribution in [-0.2, 0) is 9.53 Å². The maximum Gasteiger partial charge on any atom is 0.326 e. The largest absolute Gasteiger partial charge is 0.459 e. The Morgan fingerprint density at radius 2 is 1.59 bits per heavy atom. The first-order chi connectivity index (χ1) is 6.92. The molecule has 0 saturated heterocycles. The number of aliphatic hydroxyl groups is 1. The van der Waals surface area contributed by atoms with Crippen LogP contribution in [0.2, 0.25) is 0 Å². The Bertz CT molecular complexity index is 241. The molecule has 0 aromatic rings. The molecule has 0 amide bonds. The van der Waals surface area contributed by atoms with Crippen LogP contribution in [0.3, 0.4) is 0 Å². The molecular weight excluding hydrogens is 242 g/mol. The second kappa shape index (κ2) is 6.57. The Hall–Kier alpha value is -0.320. The Balaban J connectivity index is 0. The molecule has 5 heteroatoms. The number of carbonyl (C=O) groups excluding carboxylic acids is 1. The van der Waals surface area contributed by atoms with Gasteiger partial charge in [-0.05, 0) is 48.5 Å². The number of ether oxygens (including phenoxy) is 1. The van der Waals surface area contributed by atoms with Crippen LogP contribution in [0.25, 0.3) is 0 Å². The van der Waals surface area contributed by atoms with Crippen LogP contribution in [0, 0.1) is 0 Å². The van der Waals surface area contributed by atoms with Gasteiger partial charge in [0.25, 0.3) is 0 Å². The van der Waals surface area contributed by atoms with Crippen molar-refractivity contribution in [3.63, 3.8) is 0 Å². The molecule has 0 aromatic carbocycles. The molecule has 0 aliphatic carbocycles. The van der Waals surface area contributed by atoms with Crippen molar-refractivity contribution in [3.05, 3.63) is 0 Å². The van der Waals surface area contributed by atoms with Gasteiger partial charge in [-0.2, -0.15) is 0 Å². The van der Waals surface area contributed by atoms with Crippen LogP contribution in [0.15, 0.2) is 0 Å². The molecular formula is C12H26ClNO3. The summed E-state index contributed by atoms with van der Waals surface area (Å²) in [6, 6.07) is -0.695. The fraction of sp³-hybridized carbons (Fsp3) is 0.917. The van der Waals surface area contributed by atoms with E-state index in [2.05, 4.69) is 5.32 Å². The second-order valence-corrected chi connectivity index (χ2v) is 6.15. The fourth-order valence-corrected chi connectivity index (χ4v) is 1.21. The van der Waals surface area contributed by atoms with Gasteiger partial charge in [0.1, 0.15) is 11.6 Å². The fourth-order valence-electron chi connectivity index (χ4n) is 1.21. The van der Waals surface area contributed by atoms with Crippen molar-refractivity contribution >= 4 is 18.4 Å². The lowest BCUT2D eigenvalue weighted by Gasteiger charge is -2.31. The molecule has 0 spiro atoms. The molecule has 0 radical (unpaired) electrons. The molecule has 4 nitrogen and oxygen atoms in total. The summed E-state index contributed by atoms with van der Waals surface area (Å²) in [5.74, 6) is -0.419. The van der Waals surface area contributed by atoms with Gasteiger partial charge in [-0.15, -0.1) is 12.4 Å². The van der Waals surface area contributed by atoms with Gasteiger partial charge in [0.2, 0.25) is 0 Å². The van der Waals surface area contributed by atoms with Gasteiger partial charge in [0.15, 0.2) is 0 Å². The minimum atomic E-state index is -0.783. The van der Waals surface area contributed by atoms with E-state index >= 15 is 0 Å². The van der Waals surface area contributed by atoms with Gasteiger partial charge in [-0.1, -0.05) is 0 Å². The van der Waals surface area contributed by atoms with Gasteiger partial charge in [-0.25, -0.2) is 0 Å². The smallest absolute Gasteiger partial charge is 0.326 e. The summed E-state index contributed by atoms with van der Waals surface area (Å²) >= 11 is 0. The Morgan fingerprint density at radius 3 is 1.82 bits per heavy atom. The SMILES string of the molecule is CC(O)[C@H](NC(C)(C)C)C(=O)OC(C)(C)C.Cl. The number of halogens is 1. The summed E-state index contributed by atoms with van der Waals surface area (Å²) in [5, 5.41) is 12.6. The van der Waals surface area contributed by atoms with Crippen LogP contribution >= 0.6 is 12.4 Å². The summed E-state index contributed by atoms with van der Waals surface area (Å²) in [7, 11) is 0. The number of hydrogen-bond acceptors (Lipinski definition) is 4. The third kappa shape index (κ3) is 9.39. The molecule has 2 atom stereocenters. The molecule has 17 heavy (non-hydrogen) atoms. The summed E-state index contributed by atoms with van der Waals surface area (Å²) in [6.45, 7) is 12.8. The van der Waals surface area contributed by atoms with E-state index in [9.17, 15) is 9.90 Å². The Labute approximate surface area is 111 Å². The molecule has 0 fully saturated rings. The molecule has 0 aliphatic rings. The highest BCUT2D eigenvalue weighted by atomic mass is 35.5. The first-order valence-corrected chi connectivity index (χ1v) is 5.61. The number of esters is 1. The Kier molecular flexibility index (Phi) is 7.35. The van der Waals surface area contributed by atoms with Crippen molar-refractivity contribution in [2.75, 3.05) is 0 Å². The average Bonchev–Trinajstić information content (AvgIpc) is 1.94. The zero-order valence-corrected chi connectivity index (χ0v) is 12.6. The lowest BCUT2D eigenvalue weighted by molar-refractivity contribution is -0.161. The highest BCUT2D eigenvalue weighted by Gasteiger charge is 2.31. The summed E-state index contributed by atoms with van der Waals surface area (Å²) in [6.07, 6.45) is -0.783. The van der Waals surface area contributed by atoms with Crippen LogP contribution < -0.4 is 5.32 Å². The average molecular weight is 268 g/mol. The number of nitrogens with one attached hydrogen (secondary N) is 1. The van der Waals surface area contributed by atoms with Crippen molar-refractivity contribution < 1.29 is 14.6 Å². The minimum absolute atomic E-state index is 0. The summed E-state index contributed by atoms with van der Waals surface area (Å²) in [5.41, 5.74) is -0.789. The van der Waals surface area contributed by atoms with E-state index < -0.39 is 23.7 Å². The standard InChI is InChI=1S/C12H25NO3.ClH/c1-8(14)9(13-11(2,3)4)10(15)16-12(5,6)7;/h8-9,13-14H,1-7H3;1H/t8?,9-;/m0./s1. The maximum atomic E-state index is 11.8. The highest BCUT2D eigenvalue weighted by Crippen LogP contribution is 2.12. The van der Waals surface area contributed by atoms with Crippen LogP contribution in [0.5, 0.6) is 0 Å². The summed E-state index contributed by atoms with van der Waals surface area (Å²) < 4.78 is 5.25. The lowest BCUT2D eigenvalue weighted by atomic mass is 10.0. The first kappa shape index (κ1) is 19.0. The van der Waals surface area contributed by atoms with Crippen molar-refractivity contribution in [2.24, 2.45) is 0 Å². The van der Waals surface area contributed by atoms with E-state index in [1.54, 1.807) is 27.7 Å². The van der Waals surface area contributed by atoms with Gasteiger partial charge in [0.05, 0.1) is 6.10 Å². The van der Waals surface area contributed by atoms with Crippen molar-refractivity contribution in [1.29, 1.82) is 0 Å². The second-order valence-electron chi connectivity index (χ2n) is 6.15. The molecule has 0 heterocycles. The van der Waals surface area contributed by atoms with Gasteiger partial charge in [0, 0.05) is 5.54 Å². The van der Waals surface area contributed by atoms with E-state index in [0.29, 0.717) is 0 Å². The minimum Gasteiger partial charge on any atom is -0.459 e. The zero-order valence-electron chi connectivity index (χ0n) is 11.8. The number of aliphatic hydroxyl groups excluding tert-OH is 1. The normalized spacial score (nSPS) is 15.8. The van der Waals surface area contributed by atoms with E-state index in [0.717, 1.165) is 0 Å². The van der Waals surface area contributed by atoms with E-state index in [1.807, 2.05) is 20.8 Å². The zero-order chi connectivity index (χ0) is 13.1. The number of carbonyl (C=O) groups is 1.